The maximum atomic E-state index is 12.1. The van der Waals surface area contributed by atoms with E-state index in [1.165, 1.54) is 0 Å². The Bertz CT molecular complexity index is 909. The van der Waals surface area contributed by atoms with Crippen molar-refractivity contribution in [3.05, 3.63) is 28.4 Å². The SMILES string of the molecule is CCC(C)(C)C(=O)OCCCS(=O)(=O)[N-]S(=O)(=O)c1ccc(OC(F)(F)F)cc1. The Morgan fingerprint density at radius 2 is 1.62 bits per heavy atom. The first-order chi connectivity index (χ1) is 13.1. The van der Waals surface area contributed by atoms with Gasteiger partial charge in [0.15, 0.2) is 0 Å². The van der Waals surface area contributed by atoms with Crippen molar-refractivity contribution < 1.29 is 44.3 Å². The van der Waals surface area contributed by atoms with Gasteiger partial charge in [0.05, 0.1) is 22.0 Å². The van der Waals surface area contributed by atoms with Crippen LogP contribution in [0.1, 0.15) is 33.6 Å². The quantitative estimate of drug-likeness (QED) is 0.388. The number of alkyl halides is 3. The Morgan fingerprint density at radius 3 is 2.10 bits per heavy atom. The largest absolute Gasteiger partial charge is 0.573 e. The van der Waals surface area contributed by atoms with Gasteiger partial charge in [0.1, 0.15) is 15.8 Å². The van der Waals surface area contributed by atoms with E-state index in [9.17, 15) is 34.8 Å². The van der Waals surface area contributed by atoms with E-state index in [-0.39, 0.29) is 13.0 Å². The molecule has 0 heterocycles. The van der Waals surface area contributed by atoms with Crippen molar-refractivity contribution in [2.45, 2.75) is 44.9 Å². The number of carbonyl (C=O) groups excluding carboxylic acids is 1. The highest BCUT2D eigenvalue weighted by atomic mass is 32.3. The molecule has 0 amide bonds. The van der Waals surface area contributed by atoms with Gasteiger partial charge in [-0.1, -0.05) is 6.92 Å². The van der Waals surface area contributed by atoms with Gasteiger partial charge < -0.3 is 13.6 Å². The monoisotopic (exact) mass is 460 g/mol. The first-order valence-corrected chi connectivity index (χ1v) is 11.4. The number of esters is 1. The summed E-state index contributed by atoms with van der Waals surface area (Å²) in [6, 6.07) is 2.92. The van der Waals surface area contributed by atoms with E-state index < -0.39 is 54.2 Å². The number of nitrogens with zero attached hydrogens (tertiary/aromatic N) is 1. The summed E-state index contributed by atoms with van der Waals surface area (Å²) in [6.07, 6.45) is -4.61. The third kappa shape index (κ3) is 8.58. The normalized spacial score (nSPS) is 13.2. The highest BCUT2D eigenvalue weighted by Crippen LogP contribution is 2.27. The maximum Gasteiger partial charge on any atom is 0.573 e. The van der Waals surface area contributed by atoms with Crippen molar-refractivity contribution in [3.8, 4) is 5.75 Å². The number of rotatable bonds is 10. The van der Waals surface area contributed by atoms with Crippen LogP contribution in [-0.4, -0.2) is 41.5 Å². The number of hydrogen-bond donors (Lipinski definition) is 0. The zero-order valence-electron chi connectivity index (χ0n) is 15.9. The number of ether oxygens (including phenoxy) is 2. The third-order valence-electron chi connectivity index (χ3n) is 3.78. The minimum atomic E-state index is -4.95. The molecule has 13 heteroatoms. The highest BCUT2D eigenvalue weighted by molar-refractivity contribution is 8.12. The molecule has 1 aromatic rings. The van der Waals surface area contributed by atoms with E-state index in [1.807, 2.05) is 0 Å². The van der Waals surface area contributed by atoms with Crippen molar-refractivity contribution in [3.63, 3.8) is 0 Å². The predicted molar refractivity (Wildman–Crippen MR) is 97.1 cm³/mol. The molecule has 0 unspecified atom stereocenters. The second-order valence-electron chi connectivity index (χ2n) is 6.58. The minimum Gasteiger partial charge on any atom is -0.465 e. The molecule has 29 heavy (non-hydrogen) atoms. The van der Waals surface area contributed by atoms with Crippen molar-refractivity contribution in [2.75, 3.05) is 12.4 Å². The van der Waals surface area contributed by atoms with Crippen LogP contribution in [0.3, 0.4) is 0 Å². The number of sulfonamides is 2. The van der Waals surface area contributed by atoms with Crippen LogP contribution in [0.25, 0.3) is 4.13 Å². The summed E-state index contributed by atoms with van der Waals surface area (Å²) in [7, 11) is -9.10. The first kappa shape index (κ1) is 25.2. The molecule has 0 fully saturated rings. The van der Waals surface area contributed by atoms with E-state index in [0.717, 1.165) is 24.3 Å². The van der Waals surface area contributed by atoms with Gasteiger partial charge in [-0.15, -0.1) is 13.2 Å². The molecule has 0 aliphatic heterocycles. The first-order valence-electron chi connectivity index (χ1n) is 8.33. The fraction of sp³-hybridized carbons (Fsp3) is 0.562. The third-order valence-corrected chi connectivity index (χ3v) is 7.15. The van der Waals surface area contributed by atoms with Crippen LogP contribution >= 0.6 is 0 Å². The second kappa shape index (κ2) is 9.30. The average Bonchev–Trinajstić information content (AvgIpc) is 2.56. The number of benzene rings is 1. The topological polar surface area (TPSA) is 118 Å². The molecule has 0 N–H and O–H groups in total. The average molecular weight is 460 g/mol. The van der Waals surface area contributed by atoms with Crippen LogP contribution in [0.15, 0.2) is 29.2 Å². The summed E-state index contributed by atoms with van der Waals surface area (Å²) in [6.45, 7) is 4.88. The lowest BCUT2D eigenvalue weighted by Gasteiger charge is -2.22. The summed E-state index contributed by atoms with van der Waals surface area (Å²) < 4.78 is 95.7. The summed E-state index contributed by atoms with van der Waals surface area (Å²) in [5.41, 5.74) is -0.728. The fourth-order valence-corrected chi connectivity index (χ4v) is 4.59. The highest BCUT2D eigenvalue weighted by Gasteiger charge is 2.31. The molecule has 0 saturated heterocycles. The van der Waals surface area contributed by atoms with Gasteiger partial charge in [-0.2, -0.15) is 0 Å². The van der Waals surface area contributed by atoms with E-state index in [4.69, 9.17) is 4.74 Å². The lowest BCUT2D eigenvalue weighted by Crippen LogP contribution is -2.26. The molecule has 0 atom stereocenters. The van der Waals surface area contributed by atoms with Crippen molar-refractivity contribution >= 4 is 26.0 Å². The van der Waals surface area contributed by atoms with Crippen LogP contribution in [0.4, 0.5) is 13.2 Å². The molecule has 0 aromatic heterocycles. The van der Waals surface area contributed by atoms with Gasteiger partial charge in [-0.25, -0.2) is 16.8 Å². The lowest BCUT2D eigenvalue weighted by atomic mass is 9.91. The molecule has 0 aliphatic carbocycles. The van der Waals surface area contributed by atoms with Crippen LogP contribution in [0, 0.1) is 5.41 Å². The Labute approximate surface area is 167 Å². The van der Waals surface area contributed by atoms with E-state index in [1.54, 1.807) is 20.8 Å². The van der Waals surface area contributed by atoms with Gasteiger partial charge in [0.2, 0.25) is 0 Å². The van der Waals surface area contributed by atoms with Gasteiger partial charge >= 0.3 is 12.3 Å². The van der Waals surface area contributed by atoms with Crippen LogP contribution in [-0.2, 0) is 29.6 Å². The van der Waals surface area contributed by atoms with Crippen LogP contribution in [0.2, 0.25) is 0 Å². The molecule has 166 valence electrons. The van der Waals surface area contributed by atoms with Gasteiger partial charge in [0, 0.05) is 10.6 Å². The van der Waals surface area contributed by atoms with Crippen LogP contribution < -0.4 is 4.74 Å². The Morgan fingerprint density at radius 1 is 1.07 bits per heavy atom. The van der Waals surface area contributed by atoms with Crippen molar-refractivity contribution in [1.29, 1.82) is 0 Å². The number of carbonyl (C=O) groups is 1. The molecule has 1 rings (SSSR count). The summed E-state index contributed by atoms with van der Waals surface area (Å²) in [4.78, 5) is 11.2. The number of hydrogen-bond acceptors (Lipinski definition) is 7. The summed E-state index contributed by atoms with van der Waals surface area (Å²) in [5, 5.41) is 0. The smallest absolute Gasteiger partial charge is 0.465 e. The zero-order valence-corrected chi connectivity index (χ0v) is 17.5. The molecule has 1 aromatic carbocycles. The van der Waals surface area contributed by atoms with E-state index >= 15 is 0 Å². The van der Waals surface area contributed by atoms with Gasteiger partial charge in [-0.05, 0) is 51.0 Å². The Kier molecular flexibility index (Phi) is 8.08. The predicted octanol–water partition coefficient (Wildman–Crippen LogP) is 3.35. The molecular weight excluding hydrogens is 439 g/mol. The molecule has 0 bridgehead atoms. The fourth-order valence-electron chi connectivity index (χ4n) is 1.79. The minimum absolute atomic E-state index is 0.175. The zero-order chi connectivity index (χ0) is 22.5. The van der Waals surface area contributed by atoms with Crippen molar-refractivity contribution in [1.82, 2.24) is 0 Å². The maximum absolute atomic E-state index is 12.1. The van der Waals surface area contributed by atoms with Crippen molar-refractivity contribution in [2.24, 2.45) is 5.41 Å². The van der Waals surface area contributed by atoms with Gasteiger partial charge in [0.25, 0.3) is 0 Å². The Hall–Kier alpha value is -1.86. The van der Waals surface area contributed by atoms with E-state index in [0.29, 0.717) is 6.42 Å². The molecule has 0 aliphatic rings. The van der Waals surface area contributed by atoms with Gasteiger partial charge in [-0.3, -0.25) is 4.79 Å². The van der Waals surface area contributed by atoms with Crippen LogP contribution in [0.5, 0.6) is 5.75 Å². The Balaban J connectivity index is 2.66. The standard InChI is InChI=1S/C16H21F3NO7S2/c1-4-15(2,3)14(21)26-10-5-11-28(22,23)20-29(24,25)13-8-6-12(7-9-13)27-16(17,18)19/h6-9H,4-5,10-11H2,1-3H3/q-1. The molecule has 8 nitrogen and oxygen atoms in total. The second-order valence-corrected chi connectivity index (χ2v) is 10.2. The molecule has 0 spiro atoms. The summed E-state index contributed by atoms with van der Waals surface area (Å²) >= 11 is 0. The van der Waals surface area contributed by atoms with E-state index in [2.05, 4.69) is 8.86 Å². The number of halogens is 3. The molecular formula is C16H21F3NO7S2-. The summed E-state index contributed by atoms with van der Waals surface area (Å²) in [5.74, 6) is -1.87. The lowest BCUT2D eigenvalue weighted by molar-refractivity contribution is -0.274. The molecule has 0 saturated carbocycles. The molecule has 0 radical (unpaired) electrons.